The van der Waals surface area contributed by atoms with E-state index in [4.69, 9.17) is 4.52 Å². The number of unbranched alkanes of at least 4 members (excludes halogenated alkanes) is 2. The molecule has 114 valence electrons. The summed E-state index contributed by atoms with van der Waals surface area (Å²) < 4.78 is 4.80. The SMILES string of the molecule is CCCCCC(C)(C)CNC(=NC)NCc1ccon1. The third-order valence-electron chi connectivity index (χ3n) is 3.34. The molecule has 0 fully saturated rings. The topological polar surface area (TPSA) is 62.5 Å². The van der Waals surface area contributed by atoms with Crippen LogP contribution in [0, 0.1) is 5.41 Å². The van der Waals surface area contributed by atoms with Crippen LogP contribution in [0.5, 0.6) is 0 Å². The summed E-state index contributed by atoms with van der Waals surface area (Å²) in [7, 11) is 1.78. The second-order valence-corrected chi connectivity index (χ2v) is 5.89. The molecule has 5 nitrogen and oxygen atoms in total. The molecule has 0 bridgehead atoms. The van der Waals surface area contributed by atoms with Crippen LogP contribution in [0.2, 0.25) is 0 Å². The Morgan fingerprint density at radius 3 is 2.75 bits per heavy atom. The molecule has 20 heavy (non-hydrogen) atoms. The molecule has 0 unspecified atom stereocenters. The fourth-order valence-electron chi connectivity index (χ4n) is 1.99. The number of hydrogen-bond acceptors (Lipinski definition) is 3. The number of nitrogens with one attached hydrogen (secondary N) is 2. The molecule has 0 aliphatic heterocycles. The molecule has 2 N–H and O–H groups in total. The second-order valence-electron chi connectivity index (χ2n) is 5.89. The molecule has 0 aromatic carbocycles. The lowest BCUT2D eigenvalue weighted by Gasteiger charge is -2.26. The Bertz CT molecular complexity index is 385. The van der Waals surface area contributed by atoms with Crippen LogP contribution in [0.3, 0.4) is 0 Å². The molecule has 5 heteroatoms. The van der Waals surface area contributed by atoms with Gasteiger partial charge in [0.25, 0.3) is 0 Å². The van der Waals surface area contributed by atoms with Crippen LogP contribution in [-0.2, 0) is 6.54 Å². The van der Waals surface area contributed by atoms with E-state index in [1.807, 2.05) is 6.07 Å². The van der Waals surface area contributed by atoms with E-state index in [1.165, 1.54) is 25.7 Å². The smallest absolute Gasteiger partial charge is 0.191 e. The molecule has 1 aromatic rings. The molecule has 0 spiro atoms. The van der Waals surface area contributed by atoms with Crippen molar-refractivity contribution >= 4 is 5.96 Å². The minimum atomic E-state index is 0.278. The van der Waals surface area contributed by atoms with Crippen LogP contribution in [0.25, 0.3) is 0 Å². The minimum absolute atomic E-state index is 0.278. The average Bonchev–Trinajstić information content (AvgIpc) is 2.92. The van der Waals surface area contributed by atoms with E-state index < -0.39 is 0 Å². The molecule has 0 saturated heterocycles. The summed E-state index contributed by atoms with van der Waals surface area (Å²) in [5.74, 6) is 0.802. The van der Waals surface area contributed by atoms with E-state index in [1.54, 1.807) is 13.3 Å². The van der Waals surface area contributed by atoms with Crippen molar-refractivity contribution in [1.29, 1.82) is 0 Å². The second kappa shape index (κ2) is 8.61. The highest BCUT2D eigenvalue weighted by atomic mass is 16.5. The Balaban J connectivity index is 2.29. The highest BCUT2D eigenvalue weighted by Gasteiger charge is 2.17. The first kappa shape index (κ1) is 16.5. The summed E-state index contributed by atoms with van der Waals surface area (Å²) >= 11 is 0. The lowest BCUT2D eigenvalue weighted by Crippen LogP contribution is -2.41. The molecular formula is C15H28N4O. The maximum Gasteiger partial charge on any atom is 0.191 e. The Hall–Kier alpha value is -1.52. The summed E-state index contributed by atoms with van der Waals surface area (Å²) in [5, 5.41) is 10.5. The van der Waals surface area contributed by atoms with Crippen LogP contribution >= 0.6 is 0 Å². The van der Waals surface area contributed by atoms with Crippen LogP contribution in [-0.4, -0.2) is 24.7 Å². The molecular weight excluding hydrogens is 252 g/mol. The number of aliphatic imine (C=N–C) groups is 1. The fraction of sp³-hybridized carbons (Fsp3) is 0.733. The molecule has 1 aromatic heterocycles. The van der Waals surface area contributed by atoms with Gasteiger partial charge in [0.15, 0.2) is 5.96 Å². The number of guanidine groups is 1. The maximum absolute atomic E-state index is 4.80. The summed E-state index contributed by atoms with van der Waals surface area (Å²) in [6.45, 7) is 8.35. The minimum Gasteiger partial charge on any atom is -0.364 e. The van der Waals surface area contributed by atoms with Gasteiger partial charge in [0.1, 0.15) is 12.0 Å². The third kappa shape index (κ3) is 6.59. The molecule has 0 radical (unpaired) electrons. The molecule has 0 aliphatic carbocycles. The Morgan fingerprint density at radius 2 is 2.15 bits per heavy atom. The van der Waals surface area contributed by atoms with Gasteiger partial charge in [0.05, 0.1) is 6.54 Å². The van der Waals surface area contributed by atoms with E-state index in [-0.39, 0.29) is 5.41 Å². The van der Waals surface area contributed by atoms with Gasteiger partial charge in [0, 0.05) is 19.7 Å². The molecule has 0 aliphatic rings. The van der Waals surface area contributed by atoms with Crippen molar-refractivity contribution in [3.8, 4) is 0 Å². The lowest BCUT2D eigenvalue weighted by molar-refractivity contribution is 0.318. The lowest BCUT2D eigenvalue weighted by atomic mass is 9.87. The molecule has 1 heterocycles. The van der Waals surface area contributed by atoms with Gasteiger partial charge in [-0.2, -0.15) is 0 Å². The van der Waals surface area contributed by atoms with E-state index >= 15 is 0 Å². The molecule has 0 amide bonds. The highest BCUT2D eigenvalue weighted by Crippen LogP contribution is 2.22. The molecule has 0 saturated carbocycles. The molecule has 0 atom stereocenters. The predicted octanol–water partition coefficient (Wildman–Crippen LogP) is 2.95. The Kier molecular flexibility index (Phi) is 7.12. The number of nitrogens with zero attached hydrogens (tertiary/aromatic N) is 2. The zero-order valence-corrected chi connectivity index (χ0v) is 13.2. The average molecular weight is 280 g/mol. The first-order chi connectivity index (χ1) is 9.57. The quantitative estimate of drug-likeness (QED) is 0.436. The van der Waals surface area contributed by atoms with Gasteiger partial charge in [-0.25, -0.2) is 0 Å². The highest BCUT2D eigenvalue weighted by molar-refractivity contribution is 5.79. The zero-order chi connectivity index (χ0) is 14.8. The van der Waals surface area contributed by atoms with Gasteiger partial charge in [-0.3, -0.25) is 4.99 Å². The van der Waals surface area contributed by atoms with E-state index in [2.05, 4.69) is 41.6 Å². The van der Waals surface area contributed by atoms with Crippen molar-refractivity contribution in [3.05, 3.63) is 18.0 Å². The summed E-state index contributed by atoms with van der Waals surface area (Å²) in [6.07, 6.45) is 6.67. The van der Waals surface area contributed by atoms with Crippen molar-refractivity contribution in [2.75, 3.05) is 13.6 Å². The van der Waals surface area contributed by atoms with E-state index in [0.29, 0.717) is 6.54 Å². The van der Waals surface area contributed by atoms with Crippen LogP contribution in [0.4, 0.5) is 0 Å². The number of aromatic nitrogens is 1. The van der Waals surface area contributed by atoms with Crippen molar-refractivity contribution in [2.24, 2.45) is 10.4 Å². The van der Waals surface area contributed by atoms with Gasteiger partial charge >= 0.3 is 0 Å². The summed E-state index contributed by atoms with van der Waals surface area (Å²) in [6, 6.07) is 1.84. The van der Waals surface area contributed by atoms with E-state index in [0.717, 1.165) is 18.2 Å². The maximum atomic E-state index is 4.80. The summed E-state index contributed by atoms with van der Waals surface area (Å²) in [5.41, 5.74) is 1.15. The van der Waals surface area contributed by atoms with Gasteiger partial charge < -0.3 is 15.2 Å². The zero-order valence-electron chi connectivity index (χ0n) is 13.2. The Labute approximate surface area is 122 Å². The first-order valence-electron chi connectivity index (χ1n) is 7.41. The normalized spacial score (nSPS) is 12.5. The van der Waals surface area contributed by atoms with Gasteiger partial charge in [-0.05, 0) is 11.8 Å². The molecule has 1 rings (SSSR count). The number of rotatable bonds is 8. The number of hydrogen-bond donors (Lipinski definition) is 2. The fourth-order valence-corrected chi connectivity index (χ4v) is 1.99. The van der Waals surface area contributed by atoms with Crippen molar-refractivity contribution < 1.29 is 4.52 Å². The van der Waals surface area contributed by atoms with Gasteiger partial charge in [-0.1, -0.05) is 45.2 Å². The van der Waals surface area contributed by atoms with Gasteiger partial charge in [0.2, 0.25) is 0 Å². The van der Waals surface area contributed by atoms with Crippen molar-refractivity contribution in [1.82, 2.24) is 15.8 Å². The first-order valence-corrected chi connectivity index (χ1v) is 7.41. The predicted molar refractivity (Wildman–Crippen MR) is 82.6 cm³/mol. The third-order valence-corrected chi connectivity index (χ3v) is 3.34. The van der Waals surface area contributed by atoms with Crippen LogP contribution in [0.1, 0.15) is 52.1 Å². The Morgan fingerprint density at radius 1 is 1.35 bits per heavy atom. The monoisotopic (exact) mass is 280 g/mol. The van der Waals surface area contributed by atoms with Crippen molar-refractivity contribution in [3.63, 3.8) is 0 Å². The van der Waals surface area contributed by atoms with Crippen LogP contribution < -0.4 is 10.6 Å². The van der Waals surface area contributed by atoms with E-state index in [9.17, 15) is 0 Å². The van der Waals surface area contributed by atoms with Crippen molar-refractivity contribution in [2.45, 2.75) is 53.0 Å². The standard InChI is InChI=1S/C15H28N4O/c1-5-6-7-9-15(2,3)12-18-14(16-4)17-11-13-8-10-20-19-13/h8,10H,5-7,9,11-12H2,1-4H3,(H2,16,17,18). The summed E-state index contributed by atoms with van der Waals surface area (Å²) in [4.78, 5) is 4.22. The van der Waals surface area contributed by atoms with Gasteiger partial charge in [-0.15, -0.1) is 0 Å². The largest absolute Gasteiger partial charge is 0.364 e. The van der Waals surface area contributed by atoms with Crippen LogP contribution in [0.15, 0.2) is 21.8 Å².